The number of amides is 2. The Bertz CT molecular complexity index is 1160. The van der Waals surface area contributed by atoms with E-state index in [9.17, 15) is 18.0 Å². The van der Waals surface area contributed by atoms with Gasteiger partial charge in [0.2, 0.25) is 5.91 Å². The van der Waals surface area contributed by atoms with Crippen molar-refractivity contribution in [1.82, 2.24) is 4.90 Å². The summed E-state index contributed by atoms with van der Waals surface area (Å²) >= 11 is 0. The van der Waals surface area contributed by atoms with Crippen LogP contribution in [-0.4, -0.2) is 50.9 Å². The molecule has 0 fully saturated rings. The minimum absolute atomic E-state index is 0.196. The van der Waals surface area contributed by atoms with E-state index in [0.717, 1.165) is 11.8 Å². The molecule has 178 valence electrons. The molecule has 0 radical (unpaired) electrons. The topological polar surface area (TPSA) is 102 Å². The van der Waals surface area contributed by atoms with Crippen molar-refractivity contribution < 1.29 is 27.5 Å². The number of hydrogen-bond donors (Lipinski definition) is 1. The highest BCUT2D eigenvalue weighted by Crippen LogP contribution is 2.38. The zero-order chi connectivity index (χ0) is 24.3. The molecule has 0 aliphatic carbocycles. The van der Waals surface area contributed by atoms with Crippen LogP contribution in [0.2, 0.25) is 0 Å². The monoisotopic (exact) mass is 474 g/mol. The standard InChI is InChI=1S/C24H30N2O6S/c1-6-32-21-12-16(10-11-20(21)31-4)19(14-33(5,29)30)26-13-17-8-7-9-18(22(17)24(26)28)25-23(27)15(2)3/h7-12,15,19H,6,13-14H2,1-5H3,(H,25,27). The van der Waals surface area contributed by atoms with Crippen LogP contribution in [0.1, 0.15) is 48.3 Å². The summed E-state index contributed by atoms with van der Waals surface area (Å²) in [6.45, 7) is 6.02. The Morgan fingerprint density at radius 1 is 1.18 bits per heavy atom. The molecular weight excluding hydrogens is 444 g/mol. The molecule has 0 saturated carbocycles. The zero-order valence-corrected chi connectivity index (χ0v) is 20.4. The third-order valence-corrected chi connectivity index (χ3v) is 6.38. The Hall–Kier alpha value is -3.07. The van der Waals surface area contributed by atoms with Gasteiger partial charge >= 0.3 is 0 Å². The highest BCUT2D eigenvalue weighted by molar-refractivity contribution is 7.90. The van der Waals surface area contributed by atoms with Crippen LogP contribution < -0.4 is 14.8 Å². The normalized spacial score (nSPS) is 14.2. The summed E-state index contributed by atoms with van der Waals surface area (Å²) in [5, 5.41) is 2.82. The number of ether oxygens (including phenoxy) is 2. The number of benzene rings is 2. The summed E-state index contributed by atoms with van der Waals surface area (Å²) in [5.74, 6) is -0.0228. The predicted molar refractivity (Wildman–Crippen MR) is 126 cm³/mol. The van der Waals surface area contributed by atoms with E-state index >= 15 is 0 Å². The lowest BCUT2D eigenvalue weighted by molar-refractivity contribution is -0.118. The van der Waals surface area contributed by atoms with Gasteiger partial charge in [-0.05, 0) is 36.2 Å². The van der Waals surface area contributed by atoms with Crippen molar-refractivity contribution >= 4 is 27.3 Å². The predicted octanol–water partition coefficient (Wildman–Crippen LogP) is 3.43. The molecule has 0 bridgehead atoms. The molecule has 2 aromatic carbocycles. The Morgan fingerprint density at radius 2 is 1.91 bits per heavy atom. The molecule has 3 rings (SSSR count). The number of nitrogens with one attached hydrogen (secondary N) is 1. The van der Waals surface area contributed by atoms with Crippen LogP contribution in [0.15, 0.2) is 36.4 Å². The first-order chi connectivity index (χ1) is 15.6. The molecule has 1 N–H and O–H groups in total. The van der Waals surface area contributed by atoms with Crippen LogP contribution >= 0.6 is 0 Å². The number of nitrogens with zero attached hydrogens (tertiary/aromatic N) is 1. The number of methoxy groups -OCH3 is 1. The zero-order valence-electron chi connectivity index (χ0n) is 19.5. The average Bonchev–Trinajstić information content (AvgIpc) is 3.09. The van der Waals surface area contributed by atoms with Crippen molar-refractivity contribution in [3.63, 3.8) is 0 Å². The van der Waals surface area contributed by atoms with Crippen molar-refractivity contribution in [2.24, 2.45) is 5.92 Å². The summed E-state index contributed by atoms with van der Waals surface area (Å²) in [4.78, 5) is 27.3. The number of hydrogen-bond acceptors (Lipinski definition) is 6. The fourth-order valence-electron chi connectivity index (χ4n) is 3.84. The minimum atomic E-state index is -3.44. The quantitative estimate of drug-likeness (QED) is 0.597. The number of fused-ring (bicyclic) bond motifs is 1. The first-order valence-electron chi connectivity index (χ1n) is 10.8. The molecule has 9 heteroatoms. The van der Waals surface area contributed by atoms with E-state index in [1.165, 1.54) is 12.0 Å². The van der Waals surface area contributed by atoms with Crippen LogP contribution in [0.5, 0.6) is 11.5 Å². The molecule has 1 aliphatic rings. The summed E-state index contributed by atoms with van der Waals surface area (Å²) in [5.41, 5.74) is 2.18. The molecule has 0 aromatic heterocycles. The van der Waals surface area contributed by atoms with Crippen LogP contribution in [0.3, 0.4) is 0 Å². The lowest BCUT2D eigenvalue weighted by atomic mass is 10.1. The first kappa shape index (κ1) is 24.6. The summed E-state index contributed by atoms with van der Waals surface area (Å²) in [6.07, 6.45) is 1.15. The largest absolute Gasteiger partial charge is 0.493 e. The van der Waals surface area contributed by atoms with Gasteiger partial charge in [-0.3, -0.25) is 9.59 Å². The molecule has 33 heavy (non-hydrogen) atoms. The van der Waals surface area contributed by atoms with Gasteiger partial charge in [0.25, 0.3) is 5.91 Å². The van der Waals surface area contributed by atoms with E-state index in [4.69, 9.17) is 9.47 Å². The van der Waals surface area contributed by atoms with Gasteiger partial charge < -0.3 is 19.7 Å². The lowest BCUT2D eigenvalue weighted by Gasteiger charge is -2.28. The summed E-state index contributed by atoms with van der Waals surface area (Å²) in [7, 11) is -1.91. The molecular formula is C24H30N2O6S. The van der Waals surface area contributed by atoms with Gasteiger partial charge in [-0.15, -0.1) is 0 Å². The van der Waals surface area contributed by atoms with Gasteiger partial charge in [-0.25, -0.2) is 8.42 Å². The lowest BCUT2D eigenvalue weighted by Crippen LogP contribution is -2.34. The van der Waals surface area contributed by atoms with Crippen molar-refractivity contribution in [2.75, 3.05) is 31.0 Å². The summed E-state index contributed by atoms with van der Waals surface area (Å²) < 4.78 is 35.6. The fourth-order valence-corrected chi connectivity index (χ4v) is 4.78. The minimum Gasteiger partial charge on any atom is -0.493 e. The second kappa shape index (κ2) is 9.82. The summed E-state index contributed by atoms with van der Waals surface area (Å²) in [6, 6.07) is 9.71. The van der Waals surface area contributed by atoms with Gasteiger partial charge in [0.05, 0.1) is 36.8 Å². The fraction of sp³-hybridized carbons (Fsp3) is 0.417. The van der Waals surface area contributed by atoms with Crippen LogP contribution in [0, 0.1) is 5.92 Å². The van der Waals surface area contributed by atoms with Crippen LogP contribution in [-0.2, 0) is 21.2 Å². The number of sulfone groups is 1. The Morgan fingerprint density at radius 3 is 2.52 bits per heavy atom. The molecule has 1 atom stereocenters. The van der Waals surface area contributed by atoms with E-state index in [2.05, 4.69) is 5.32 Å². The SMILES string of the molecule is CCOc1cc(C(CS(C)(=O)=O)N2Cc3cccc(NC(=O)C(C)C)c3C2=O)ccc1OC. The molecule has 0 saturated heterocycles. The second-order valence-corrected chi connectivity index (χ2v) is 10.6. The number of carbonyl (C=O) groups excluding carboxylic acids is 2. The smallest absolute Gasteiger partial charge is 0.257 e. The molecule has 2 amide bonds. The van der Waals surface area contributed by atoms with E-state index in [0.29, 0.717) is 34.9 Å². The first-order valence-corrected chi connectivity index (χ1v) is 12.8. The van der Waals surface area contributed by atoms with E-state index < -0.39 is 15.9 Å². The number of anilines is 1. The van der Waals surface area contributed by atoms with Gasteiger partial charge in [0.1, 0.15) is 9.84 Å². The Balaban J connectivity index is 2.03. The van der Waals surface area contributed by atoms with Gasteiger partial charge in [0, 0.05) is 18.7 Å². The number of carbonyl (C=O) groups is 2. The highest BCUT2D eigenvalue weighted by atomic mass is 32.2. The van der Waals surface area contributed by atoms with Crippen molar-refractivity contribution in [2.45, 2.75) is 33.4 Å². The van der Waals surface area contributed by atoms with Crippen molar-refractivity contribution in [3.8, 4) is 11.5 Å². The maximum absolute atomic E-state index is 13.5. The molecule has 1 unspecified atom stereocenters. The Kier molecular flexibility index (Phi) is 7.31. The maximum Gasteiger partial charge on any atom is 0.257 e. The third-order valence-electron chi connectivity index (χ3n) is 5.46. The molecule has 1 aliphatic heterocycles. The van der Waals surface area contributed by atoms with Gasteiger partial charge in [-0.2, -0.15) is 0 Å². The van der Waals surface area contributed by atoms with Crippen molar-refractivity contribution in [3.05, 3.63) is 53.1 Å². The number of rotatable bonds is 9. The van der Waals surface area contributed by atoms with Crippen LogP contribution in [0.4, 0.5) is 5.69 Å². The highest BCUT2D eigenvalue weighted by Gasteiger charge is 2.37. The third kappa shape index (κ3) is 5.47. The van der Waals surface area contributed by atoms with E-state index in [-0.39, 0.29) is 30.0 Å². The van der Waals surface area contributed by atoms with Crippen molar-refractivity contribution in [1.29, 1.82) is 0 Å². The molecule has 1 heterocycles. The van der Waals surface area contributed by atoms with Gasteiger partial charge in [0.15, 0.2) is 11.5 Å². The molecule has 2 aromatic rings. The van der Waals surface area contributed by atoms with E-state index in [1.807, 2.05) is 13.0 Å². The van der Waals surface area contributed by atoms with Gasteiger partial charge in [-0.1, -0.05) is 32.0 Å². The average molecular weight is 475 g/mol. The molecule has 8 nitrogen and oxygen atoms in total. The molecule has 0 spiro atoms. The Labute approximate surface area is 194 Å². The van der Waals surface area contributed by atoms with Crippen LogP contribution in [0.25, 0.3) is 0 Å². The van der Waals surface area contributed by atoms with E-state index in [1.54, 1.807) is 44.2 Å². The maximum atomic E-state index is 13.5. The second-order valence-electron chi connectivity index (χ2n) is 8.37.